The number of benzene rings is 2. The third kappa shape index (κ3) is 5.12. The van der Waals surface area contributed by atoms with Gasteiger partial charge in [-0.25, -0.2) is 13.1 Å². The first-order valence-corrected chi connectivity index (χ1v) is 9.53. The summed E-state index contributed by atoms with van der Waals surface area (Å²) in [6.07, 6.45) is 0.735. The minimum Gasteiger partial charge on any atom is -0.337 e. The molecule has 0 heterocycles. The molecule has 0 saturated heterocycles. The van der Waals surface area contributed by atoms with E-state index >= 15 is 0 Å². The van der Waals surface area contributed by atoms with Crippen LogP contribution in [0.3, 0.4) is 0 Å². The van der Waals surface area contributed by atoms with E-state index in [9.17, 15) is 13.2 Å². The van der Waals surface area contributed by atoms with E-state index in [4.69, 9.17) is 5.73 Å². The minimum absolute atomic E-state index is 0.126. The number of hydrogen-bond acceptors (Lipinski definition) is 4. The highest BCUT2D eigenvalue weighted by Crippen LogP contribution is 2.12. The van der Waals surface area contributed by atoms with E-state index in [0.29, 0.717) is 25.2 Å². The first kappa shape index (κ1) is 19.1. The predicted molar refractivity (Wildman–Crippen MR) is 97.8 cm³/mol. The van der Waals surface area contributed by atoms with Gasteiger partial charge in [-0.1, -0.05) is 30.3 Å². The summed E-state index contributed by atoms with van der Waals surface area (Å²) in [5, 5.41) is 0. The van der Waals surface area contributed by atoms with Crippen molar-refractivity contribution in [1.82, 2.24) is 9.62 Å². The van der Waals surface area contributed by atoms with Gasteiger partial charge in [0.25, 0.3) is 5.91 Å². The van der Waals surface area contributed by atoms with Crippen molar-refractivity contribution >= 4 is 15.9 Å². The molecule has 1 amide bonds. The number of nitrogens with two attached hydrogens (primary N) is 1. The topological polar surface area (TPSA) is 92.5 Å². The molecule has 0 fully saturated rings. The van der Waals surface area contributed by atoms with Crippen molar-refractivity contribution in [2.24, 2.45) is 5.73 Å². The van der Waals surface area contributed by atoms with Gasteiger partial charge in [-0.05, 0) is 43.3 Å². The van der Waals surface area contributed by atoms with Gasteiger partial charge in [0.15, 0.2) is 0 Å². The molecule has 6 nitrogen and oxygen atoms in total. The van der Waals surface area contributed by atoms with Crippen LogP contribution >= 0.6 is 0 Å². The molecule has 0 atom stereocenters. The fourth-order valence-corrected chi connectivity index (χ4v) is 3.19. The summed E-state index contributed by atoms with van der Waals surface area (Å²) >= 11 is 0. The molecule has 2 rings (SSSR count). The molecular weight excluding hydrogens is 338 g/mol. The molecule has 0 saturated carbocycles. The van der Waals surface area contributed by atoms with Crippen LogP contribution in [0.15, 0.2) is 59.5 Å². The number of nitrogens with zero attached hydrogens (tertiary/aromatic N) is 1. The fraction of sp³-hybridized carbons (Fsp3) is 0.278. The van der Waals surface area contributed by atoms with Crippen molar-refractivity contribution in [1.29, 1.82) is 0 Å². The maximum Gasteiger partial charge on any atom is 0.253 e. The standard InChI is InChI=1S/C18H23N3O3S/c1-20-25(23,24)17-9-7-16(8-10-17)18(22)21(14-12-19)13-11-15-5-3-2-4-6-15/h2-10,20H,11-14,19H2,1H3. The first-order valence-electron chi connectivity index (χ1n) is 8.05. The van der Waals surface area contributed by atoms with Crippen LogP contribution in [-0.4, -0.2) is 45.9 Å². The summed E-state index contributed by atoms with van der Waals surface area (Å²) in [7, 11) is -2.16. The Kier molecular flexibility index (Phi) is 6.69. The molecule has 0 aliphatic rings. The maximum absolute atomic E-state index is 12.7. The highest BCUT2D eigenvalue weighted by molar-refractivity contribution is 7.89. The lowest BCUT2D eigenvalue weighted by atomic mass is 10.1. The Morgan fingerprint density at radius 2 is 1.68 bits per heavy atom. The summed E-state index contributed by atoms with van der Waals surface area (Å²) in [5.41, 5.74) is 7.22. The zero-order chi connectivity index (χ0) is 18.3. The van der Waals surface area contributed by atoms with Crippen LogP contribution < -0.4 is 10.5 Å². The number of sulfonamides is 1. The number of rotatable bonds is 8. The monoisotopic (exact) mass is 361 g/mol. The van der Waals surface area contributed by atoms with Gasteiger partial charge in [-0.15, -0.1) is 0 Å². The number of nitrogens with one attached hydrogen (secondary N) is 1. The van der Waals surface area contributed by atoms with E-state index in [1.165, 1.54) is 31.3 Å². The lowest BCUT2D eigenvalue weighted by Crippen LogP contribution is -2.37. The van der Waals surface area contributed by atoms with Crippen molar-refractivity contribution in [3.05, 3.63) is 65.7 Å². The van der Waals surface area contributed by atoms with E-state index in [-0.39, 0.29) is 10.8 Å². The molecule has 0 aromatic heterocycles. The van der Waals surface area contributed by atoms with Crippen LogP contribution in [0.5, 0.6) is 0 Å². The van der Waals surface area contributed by atoms with E-state index in [1.54, 1.807) is 4.90 Å². The summed E-state index contributed by atoms with van der Waals surface area (Å²) < 4.78 is 25.8. The van der Waals surface area contributed by atoms with E-state index in [2.05, 4.69) is 4.72 Å². The van der Waals surface area contributed by atoms with Gasteiger partial charge in [-0.2, -0.15) is 0 Å². The van der Waals surface area contributed by atoms with Crippen molar-refractivity contribution < 1.29 is 13.2 Å². The Bertz CT molecular complexity index is 790. The van der Waals surface area contributed by atoms with Crippen molar-refractivity contribution in [2.45, 2.75) is 11.3 Å². The van der Waals surface area contributed by atoms with Crippen molar-refractivity contribution in [2.75, 3.05) is 26.7 Å². The van der Waals surface area contributed by atoms with Gasteiger partial charge in [0.05, 0.1) is 4.90 Å². The molecule has 0 radical (unpaired) electrons. The maximum atomic E-state index is 12.7. The van der Waals surface area contributed by atoms with Crippen LogP contribution in [0, 0.1) is 0 Å². The van der Waals surface area contributed by atoms with E-state index < -0.39 is 10.0 Å². The largest absolute Gasteiger partial charge is 0.337 e. The quantitative estimate of drug-likeness (QED) is 0.740. The highest BCUT2D eigenvalue weighted by atomic mass is 32.2. The fourth-order valence-electron chi connectivity index (χ4n) is 2.46. The Hall–Kier alpha value is -2.22. The number of hydrogen-bond donors (Lipinski definition) is 2. The molecule has 0 spiro atoms. The molecule has 0 aliphatic heterocycles. The summed E-state index contributed by atoms with van der Waals surface area (Å²) in [6.45, 7) is 1.37. The highest BCUT2D eigenvalue weighted by Gasteiger charge is 2.17. The summed E-state index contributed by atoms with van der Waals surface area (Å²) in [4.78, 5) is 14.5. The Morgan fingerprint density at radius 1 is 1.04 bits per heavy atom. The van der Waals surface area contributed by atoms with Crippen LogP contribution in [0.4, 0.5) is 0 Å². The molecule has 0 aliphatic carbocycles. The molecule has 0 bridgehead atoms. The third-order valence-electron chi connectivity index (χ3n) is 3.88. The lowest BCUT2D eigenvalue weighted by Gasteiger charge is -2.22. The molecule has 2 aromatic rings. The number of amides is 1. The SMILES string of the molecule is CNS(=O)(=O)c1ccc(C(=O)N(CCN)CCc2ccccc2)cc1. The summed E-state index contributed by atoms with van der Waals surface area (Å²) in [6, 6.07) is 15.8. The van der Waals surface area contributed by atoms with E-state index in [1.807, 2.05) is 30.3 Å². The van der Waals surface area contributed by atoms with Crippen LogP contribution in [0.1, 0.15) is 15.9 Å². The second kappa shape index (κ2) is 8.75. The average molecular weight is 361 g/mol. The Morgan fingerprint density at radius 3 is 2.24 bits per heavy atom. The molecule has 7 heteroatoms. The van der Waals surface area contributed by atoms with Gasteiger partial charge >= 0.3 is 0 Å². The average Bonchev–Trinajstić information content (AvgIpc) is 2.65. The second-order valence-electron chi connectivity index (χ2n) is 5.55. The Balaban J connectivity index is 2.11. The molecule has 2 aromatic carbocycles. The summed E-state index contributed by atoms with van der Waals surface area (Å²) in [5.74, 6) is -0.158. The van der Waals surface area contributed by atoms with Gasteiger partial charge in [-0.3, -0.25) is 4.79 Å². The van der Waals surface area contributed by atoms with Crippen LogP contribution in [0.2, 0.25) is 0 Å². The van der Waals surface area contributed by atoms with Gasteiger partial charge in [0, 0.05) is 25.2 Å². The van der Waals surface area contributed by atoms with Crippen molar-refractivity contribution in [3.63, 3.8) is 0 Å². The van der Waals surface area contributed by atoms with E-state index in [0.717, 1.165) is 12.0 Å². The molecule has 134 valence electrons. The number of carbonyl (C=O) groups is 1. The molecule has 0 unspecified atom stereocenters. The normalized spacial score (nSPS) is 11.3. The first-order chi connectivity index (χ1) is 12.0. The van der Waals surface area contributed by atoms with Gasteiger partial charge in [0.1, 0.15) is 0 Å². The predicted octanol–water partition coefficient (Wildman–Crippen LogP) is 1.24. The van der Waals surface area contributed by atoms with Gasteiger partial charge < -0.3 is 10.6 Å². The Labute approximate surface area is 148 Å². The zero-order valence-electron chi connectivity index (χ0n) is 14.2. The molecule has 3 N–H and O–H groups in total. The second-order valence-corrected chi connectivity index (χ2v) is 7.43. The third-order valence-corrected chi connectivity index (χ3v) is 5.31. The minimum atomic E-state index is -3.51. The van der Waals surface area contributed by atoms with Crippen LogP contribution in [-0.2, 0) is 16.4 Å². The smallest absolute Gasteiger partial charge is 0.253 e. The lowest BCUT2D eigenvalue weighted by molar-refractivity contribution is 0.0762. The number of carbonyl (C=O) groups excluding carboxylic acids is 1. The van der Waals surface area contributed by atoms with Gasteiger partial charge in [0.2, 0.25) is 10.0 Å². The molecular formula is C18H23N3O3S. The van der Waals surface area contributed by atoms with Crippen molar-refractivity contribution in [3.8, 4) is 0 Å². The molecule has 25 heavy (non-hydrogen) atoms. The zero-order valence-corrected chi connectivity index (χ0v) is 15.0. The van der Waals surface area contributed by atoms with Crippen LogP contribution in [0.25, 0.3) is 0 Å².